The lowest BCUT2D eigenvalue weighted by atomic mass is 10.0. The van der Waals surface area contributed by atoms with Gasteiger partial charge in [-0.2, -0.15) is 23.5 Å². The van der Waals surface area contributed by atoms with E-state index in [2.05, 4.69) is 24.0 Å². The van der Waals surface area contributed by atoms with E-state index in [1.54, 1.807) is 12.1 Å². The Hall–Kier alpha value is -0.190. The number of nitrogens with one attached hydrogen (secondary N) is 1. The lowest BCUT2D eigenvalue weighted by Crippen LogP contribution is -2.44. The molecule has 0 amide bonds. The number of benzene rings is 1. The van der Waals surface area contributed by atoms with Crippen molar-refractivity contribution < 1.29 is 4.39 Å². The van der Waals surface area contributed by atoms with Gasteiger partial charge in [0, 0.05) is 28.0 Å². The maximum absolute atomic E-state index is 13.2. The Morgan fingerprint density at radius 3 is 2.83 bits per heavy atom. The van der Waals surface area contributed by atoms with Crippen molar-refractivity contribution in [3.05, 3.63) is 35.6 Å². The Morgan fingerprint density at radius 2 is 2.17 bits per heavy atom. The molecule has 1 fully saturated rings. The summed E-state index contributed by atoms with van der Waals surface area (Å²) in [6.07, 6.45) is 0.900. The van der Waals surface area contributed by atoms with Crippen LogP contribution in [-0.2, 0) is 6.42 Å². The van der Waals surface area contributed by atoms with E-state index in [1.807, 2.05) is 24.9 Å². The molecule has 1 aromatic carbocycles. The van der Waals surface area contributed by atoms with Crippen molar-refractivity contribution in [3.8, 4) is 0 Å². The van der Waals surface area contributed by atoms with Crippen LogP contribution in [0.5, 0.6) is 0 Å². The van der Waals surface area contributed by atoms with E-state index >= 15 is 0 Å². The Morgan fingerprint density at radius 1 is 1.39 bits per heavy atom. The van der Waals surface area contributed by atoms with Crippen LogP contribution in [0.25, 0.3) is 0 Å². The number of halogens is 1. The molecule has 1 heterocycles. The van der Waals surface area contributed by atoms with Gasteiger partial charge in [-0.1, -0.05) is 19.1 Å². The quantitative estimate of drug-likeness (QED) is 0.912. The monoisotopic (exact) mass is 285 g/mol. The minimum Gasteiger partial charge on any atom is -0.316 e. The lowest BCUT2D eigenvalue weighted by molar-refractivity contribution is 0.528. The van der Waals surface area contributed by atoms with Crippen molar-refractivity contribution in [1.29, 1.82) is 0 Å². The molecule has 18 heavy (non-hydrogen) atoms. The zero-order valence-corrected chi connectivity index (χ0v) is 12.5. The van der Waals surface area contributed by atoms with E-state index < -0.39 is 0 Å². The number of hydrogen-bond donors (Lipinski definition) is 1. The average Bonchev–Trinajstić information content (AvgIpc) is 2.37. The van der Waals surface area contributed by atoms with E-state index in [0.717, 1.165) is 12.0 Å². The first-order valence-electron chi connectivity index (χ1n) is 6.35. The highest BCUT2D eigenvalue weighted by Gasteiger charge is 2.29. The SMILES string of the molecule is CNC(Cc1cccc(F)c1)C1SCCSC1C. The molecule has 1 saturated heterocycles. The molecule has 3 atom stereocenters. The van der Waals surface area contributed by atoms with Crippen LogP contribution in [-0.4, -0.2) is 35.1 Å². The molecule has 2 rings (SSSR count). The molecule has 0 bridgehead atoms. The molecule has 0 aliphatic carbocycles. The largest absolute Gasteiger partial charge is 0.316 e. The zero-order valence-electron chi connectivity index (χ0n) is 10.9. The standard InChI is InChI=1S/C14H20FNS2/c1-10-14(18-7-6-17-10)13(16-2)9-11-4-3-5-12(15)8-11/h3-5,8,10,13-14,16H,6-7,9H2,1-2H3. The van der Waals surface area contributed by atoms with E-state index in [-0.39, 0.29) is 5.82 Å². The molecule has 1 aliphatic heterocycles. The Kier molecular flexibility index (Phi) is 5.39. The van der Waals surface area contributed by atoms with E-state index in [4.69, 9.17) is 0 Å². The van der Waals surface area contributed by atoms with Gasteiger partial charge < -0.3 is 5.32 Å². The molecular weight excluding hydrogens is 265 g/mol. The summed E-state index contributed by atoms with van der Waals surface area (Å²) in [6, 6.07) is 7.38. The van der Waals surface area contributed by atoms with Crippen molar-refractivity contribution in [2.75, 3.05) is 18.6 Å². The highest BCUT2D eigenvalue weighted by Crippen LogP contribution is 2.33. The van der Waals surface area contributed by atoms with Crippen LogP contribution in [0, 0.1) is 5.82 Å². The summed E-state index contributed by atoms with van der Waals surface area (Å²) in [5.41, 5.74) is 1.08. The van der Waals surface area contributed by atoms with Crippen molar-refractivity contribution in [2.24, 2.45) is 0 Å². The fourth-order valence-electron chi connectivity index (χ4n) is 2.39. The third-order valence-corrected chi connectivity index (χ3v) is 6.60. The van der Waals surface area contributed by atoms with Gasteiger partial charge in [-0.3, -0.25) is 0 Å². The number of hydrogen-bond acceptors (Lipinski definition) is 3. The first-order chi connectivity index (χ1) is 8.70. The molecule has 0 aromatic heterocycles. The van der Waals surface area contributed by atoms with Crippen LogP contribution in [0.3, 0.4) is 0 Å². The average molecular weight is 285 g/mol. The first-order valence-corrected chi connectivity index (χ1v) is 8.45. The maximum Gasteiger partial charge on any atom is 0.123 e. The molecule has 1 aromatic rings. The molecule has 0 spiro atoms. The highest BCUT2D eigenvalue weighted by atomic mass is 32.2. The molecule has 100 valence electrons. The van der Waals surface area contributed by atoms with Gasteiger partial charge in [0.2, 0.25) is 0 Å². The fraction of sp³-hybridized carbons (Fsp3) is 0.571. The fourth-order valence-corrected chi connectivity index (χ4v) is 5.39. The van der Waals surface area contributed by atoms with Gasteiger partial charge in [0.1, 0.15) is 5.82 Å². The Labute approximate surface area is 117 Å². The predicted molar refractivity (Wildman–Crippen MR) is 81.1 cm³/mol. The second-order valence-corrected chi connectivity index (χ2v) is 7.41. The number of rotatable bonds is 4. The van der Waals surface area contributed by atoms with Gasteiger partial charge in [-0.05, 0) is 31.2 Å². The van der Waals surface area contributed by atoms with Crippen molar-refractivity contribution in [2.45, 2.75) is 29.9 Å². The zero-order chi connectivity index (χ0) is 13.0. The highest BCUT2D eigenvalue weighted by molar-refractivity contribution is 8.07. The van der Waals surface area contributed by atoms with Gasteiger partial charge in [0.25, 0.3) is 0 Å². The molecule has 1 aliphatic rings. The summed E-state index contributed by atoms with van der Waals surface area (Å²) in [7, 11) is 2.01. The topological polar surface area (TPSA) is 12.0 Å². The second kappa shape index (κ2) is 6.83. The van der Waals surface area contributed by atoms with Crippen LogP contribution >= 0.6 is 23.5 Å². The molecular formula is C14H20FNS2. The minimum atomic E-state index is -0.138. The molecule has 1 N–H and O–H groups in total. The second-order valence-electron chi connectivity index (χ2n) is 4.64. The summed E-state index contributed by atoms with van der Waals surface area (Å²) < 4.78 is 13.2. The number of thioether (sulfide) groups is 2. The molecule has 0 radical (unpaired) electrons. The smallest absolute Gasteiger partial charge is 0.123 e. The Balaban J connectivity index is 2.04. The van der Waals surface area contributed by atoms with Crippen LogP contribution in [0.4, 0.5) is 4.39 Å². The van der Waals surface area contributed by atoms with Gasteiger partial charge in [-0.25, -0.2) is 4.39 Å². The number of likely N-dealkylation sites (N-methyl/N-ethyl adjacent to an activating group) is 1. The van der Waals surface area contributed by atoms with Crippen molar-refractivity contribution >= 4 is 23.5 Å². The van der Waals surface area contributed by atoms with Gasteiger partial charge in [-0.15, -0.1) is 0 Å². The Bertz CT molecular complexity index is 386. The third-order valence-electron chi connectivity index (χ3n) is 3.35. The molecule has 3 unspecified atom stereocenters. The van der Waals surface area contributed by atoms with Gasteiger partial charge >= 0.3 is 0 Å². The van der Waals surface area contributed by atoms with E-state index in [1.165, 1.54) is 17.6 Å². The summed E-state index contributed by atoms with van der Waals surface area (Å²) in [6.45, 7) is 2.30. The minimum absolute atomic E-state index is 0.138. The predicted octanol–water partition coefficient (Wildman–Crippen LogP) is 3.19. The summed E-state index contributed by atoms with van der Waals surface area (Å²) in [4.78, 5) is 0. The van der Waals surface area contributed by atoms with E-state index in [0.29, 0.717) is 16.5 Å². The summed E-state index contributed by atoms with van der Waals surface area (Å²) >= 11 is 4.10. The maximum atomic E-state index is 13.2. The molecule has 4 heteroatoms. The van der Waals surface area contributed by atoms with Gasteiger partial charge in [0.05, 0.1) is 0 Å². The molecule has 1 nitrogen and oxygen atoms in total. The summed E-state index contributed by atoms with van der Waals surface area (Å²) in [5.74, 6) is 2.33. The normalized spacial score (nSPS) is 25.9. The van der Waals surface area contributed by atoms with Crippen molar-refractivity contribution in [3.63, 3.8) is 0 Å². The van der Waals surface area contributed by atoms with Crippen LogP contribution in [0.2, 0.25) is 0 Å². The van der Waals surface area contributed by atoms with E-state index in [9.17, 15) is 4.39 Å². The van der Waals surface area contributed by atoms with Crippen LogP contribution in [0.1, 0.15) is 12.5 Å². The first kappa shape index (κ1) is 14.2. The van der Waals surface area contributed by atoms with Crippen LogP contribution in [0.15, 0.2) is 24.3 Å². The van der Waals surface area contributed by atoms with Crippen LogP contribution < -0.4 is 5.32 Å². The summed E-state index contributed by atoms with van der Waals surface area (Å²) in [5, 5.41) is 4.68. The third kappa shape index (κ3) is 3.65. The lowest BCUT2D eigenvalue weighted by Gasteiger charge is -2.34. The van der Waals surface area contributed by atoms with Crippen molar-refractivity contribution in [1.82, 2.24) is 5.32 Å². The van der Waals surface area contributed by atoms with Gasteiger partial charge in [0.15, 0.2) is 0 Å². The molecule has 0 saturated carbocycles.